The van der Waals surface area contributed by atoms with Gasteiger partial charge in [-0.15, -0.1) is 0 Å². The highest BCUT2D eigenvalue weighted by atomic mass is 31.2. The Bertz CT molecular complexity index is 4100. The van der Waals surface area contributed by atoms with Crippen LogP contribution in [-0.2, 0) is 127 Å². The minimum absolute atomic E-state index is 0.00261. The molecule has 7 rings (SSSR count). The third-order valence-electron chi connectivity index (χ3n) is 24.9. The minimum Gasteiger partial charge on any atom is -0.394 e. The van der Waals surface area contributed by atoms with Gasteiger partial charge in [0.05, 0.1) is 91.1 Å². The number of likely N-dealkylation sites (tertiary alicyclic amines) is 1. The second-order valence-electron chi connectivity index (χ2n) is 36.9. The molecule has 20 N–H and O–H groups in total. The molecule has 5 fully saturated rings. The zero-order chi connectivity index (χ0) is 105. The number of hydrogen-bond donors (Lipinski definition) is 19. The number of rotatable bonds is 75. The Balaban J connectivity index is 0.905. The number of amides is 7. The number of aliphatic hydroxyl groups excluding tert-OH is 10. The number of imidazole rings is 1. The Labute approximate surface area is 836 Å². The van der Waals surface area contributed by atoms with Crippen molar-refractivity contribution in [3.05, 3.63) is 12.7 Å². The molecule has 51 nitrogen and oxygen atoms in total. The van der Waals surface area contributed by atoms with Gasteiger partial charge in [-0.25, -0.2) is 24.1 Å². The van der Waals surface area contributed by atoms with Crippen molar-refractivity contribution in [3.63, 3.8) is 0 Å². The number of carbonyl (C=O) groups is 11. The van der Waals surface area contributed by atoms with Gasteiger partial charge in [-0.1, -0.05) is 32.1 Å². The van der Waals surface area contributed by atoms with Crippen molar-refractivity contribution in [1.29, 1.82) is 0 Å². The van der Waals surface area contributed by atoms with Crippen LogP contribution in [0.1, 0.15) is 239 Å². The molecule has 0 aromatic carbocycles. The number of hydrogen-bond acceptors (Lipinski definition) is 41. The van der Waals surface area contributed by atoms with E-state index in [1.807, 2.05) is 0 Å². The summed E-state index contributed by atoms with van der Waals surface area (Å²) in [5.74, 6) is -3.18. The summed E-state index contributed by atoms with van der Waals surface area (Å²) in [6, 6.07) is -4.16. The van der Waals surface area contributed by atoms with E-state index < -0.39 is 200 Å². The van der Waals surface area contributed by atoms with Crippen LogP contribution in [0.4, 0.5) is 5.82 Å². The van der Waals surface area contributed by atoms with Crippen LogP contribution in [0.25, 0.3) is 11.2 Å². The summed E-state index contributed by atoms with van der Waals surface area (Å²) in [5, 5.41) is 119. The van der Waals surface area contributed by atoms with Crippen LogP contribution < -0.4 is 37.6 Å². The van der Waals surface area contributed by atoms with Gasteiger partial charge >= 0.3 is 15.6 Å². The number of phosphoric ester groups is 2. The maximum atomic E-state index is 14.3. The first kappa shape index (κ1) is 124. The Morgan fingerprint density at radius 3 is 1.31 bits per heavy atom. The van der Waals surface area contributed by atoms with E-state index in [0.717, 1.165) is 7.11 Å². The van der Waals surface area contributed by atoms with Crippen LogP contribution in [-0.4, -0.2) is 391 Å². The smallest absolute Gasteiger partial charge is 0.394 e. The topological polar surface area (TPSA) is 739 Å². The minimum atomic E-state index is -5.01. The third kappa shape index (κ3) is 44.1. The Morgan fingerprint density at radius 1 is 0.451 bits per heavy atom. The molecular weight excluding hydrogens is 1950 g/mol. The van der Waals surface area contributed by atoms with Crippen LogP contribution in [0.3, 0.4) is 0 Å². The number of aliphatic hydroxyl groups is 10. The van der Waals surface area contributed by atoms with Crippen LogP contribution in [0.15, 0.2) is 12.7 Å². The normalized spacial score (nSPS) is 26.2. The number of nitrogens with two attached hydrogens (primary N) is 1. The molecule has 2 aromatic rings. The molecule has 2 aromatic heterocycles. The molecule has 7 heterocycles. The van der Waals surface area contributed by atoms with Gasteiger partial charge in [0.2, 0.25) is 41.4 Å². The summed E-state index contributed by atoms with van der Waals surface area (Å²) in [6.07, 6.45) is -7.48. The number of phosphoric acid groups is 2. The van der Waals surface area contributed by atoms with E-state index >= 15 is 0 Å². The van der Waals surface area contributed by atoms with Crippen LogP contribution >= 0.6 is 15.6 Å². The van der Waals surface area contributed by atoms with E-state index in [2.05, 4.69) is 51.4 Å². The van der Waals surface area contributed by atoms with Crippen molar-refractivity contribution in [2.24, 2.45) is 0 Å². The molecular formula is C91H154N12O39P2. The molecule has 0 saturated carbocycles. The van der Waals surface area contributed by atoms with Gasteiger partial charge in [-0.2, -0.15) is 0 Å². The highest BCUT2D eigenvalue weighted by Gasteiger charge is 2.50. The van der Waals surface area contributed by atoms with Crippen LogP contribution in [0.2, 0.25) is 0 Å². The first-order chi connectivity index (χ1) is 68.8. The molecule has 5 aliphatic rings. The molecule has 5 aliphatic heterocycles. The zero-order valence-electron chi connectivity index (χ0n) is 82.7. The standard InChI is InChI=1S/C91H154N12O39P2/c1-57(107)98-76-83(122)80(119)67(47-104)139-88(76)133-38-21-16-28-61(110)24-10-9-11-25-63(112)33-41-130-52-91(53-131-42-34-64(113)27-15-20-36-93-71(115)30-18-23-40-135-90-78(100-59(3)109)85(124)82(121)69(49-106)141-90,54-132-43-35-72(116)94-37-19-14-26-62(111)29-17-22-39-134-89-77(99-58(2)108)84(123)81(120)68(48-105)140-89)101-73(117)31-12-7-5-6-8-13-32-74(118)102-46-65(114)44-60(102)50-136-144(127,128)142-66-45-75(138-70(66)51-137-143(125,126)129-4)103-56-97-79-86(92)95-55-96-87(79)103/h55-56,60,65-70,75-78,80-85,88-90,104-106,114,119-124H,5-54H2,1-4H3,(H,93,115)(H,94,116)(H,98,107)(H,99,108)(H,100,109)(H,101,117)(H,125,126)(H,127,128)(H2,92,95,96)/t60-,65+,66-,67?,68?,69?,70+,75+,76?,77?,78?,80-,81-,82-,83+,84+,85+,88+,89+,90+,91?/m0/s1. The van der Waals surface area contributed by atoms with Gasteiger partial charge in [0, 0.05) is 151 Å². The van der Waals surface area contributed by atoms with Gasteiger partial charge < -0.3 is 151 Å². The van der Waals surface area contributed by atoms with Crippen molar-refractivity contribution in [2.45, 2.75) is 361 Å². The number of nitrogen functional groups attached to an aromatic ring is 1. The number of ketones is 4. The lowest BCUT2D eigenvalue weighted by molar-refractivity contribution is -0.270. The number of aromatic nitrogens is 4. The van der Waals surface area contributed by atoms with Gasteiger partial charge in [-0.05, 0) is 96.3 Å². The second kappa shape index (κ2) is 65.7. The number of anilines is 1. The fourth-order valence-electron chi connectivity index (χ4n) is 17.0. The zero-order valence-corrected chi connectivity index (χ0v) is 84.4. The van der Waals surface area contributed by atoms with Crippen molar-refractivity contribution in [1.82, 2.24) is 56.3 Å². The quantitative estimate of drug-likeness (QED) is 0.0288. The Morgan fingerprint density at radius 2 is 0.847 bits per heavy atom. The molecule has 0 aliphatic carbocycles. The third-order valence-corrected chi connectivity index (χ3v) is 26.9. The first-order valence-electron chi connectivity index (χ1n) is 49.7. The fraction of sp³-hybridized carbons (Fsp3) is 0.824. The summed E-state index contributed by atoms with van der Waals surface area (Å²) in [4.78, 5) is 177. The highest BCUT2D eigenvalue weighted by Crippen LogP contribution is 2.51. The van der Waals surface area contributed by atoms with Gasteiger partial charge in [0.25, 0.3) is 0 Å². The van der Waals surface area contributed by atoms with Crippen molar-refractivity contribution >= 4 is 97.1 Å². The monoisotopic (exact) mass is 2100 g/mol. The van der Waals surface area contributed by atoms with E-state index in [1.54, 1.807) is 0 Å². The number of nitrogens with zero attached hydrogens (tertiary/aromatic N) is 5. The summed E-state index contributed by atoms with van der Waals surface area (Å²) < 4.78 is 107. The SMILES string of the molecule is COP(=O)(O)OC[C@H]1O[C@@H](n2cnc3c(N)ncnc32)C[C@@H]1OP(=O)(O)OC[C@@H]1C[C@@H](O)CN1C(=O)CCCCCCCCC(=O)NC(COCCC(=O)CCCCCC(=O)CCCCO[C@@H]1OC(CO)[C@H](O)[C@H](O)C1NC(C)=O)(COCCC(=O)CCCCNC(=O)CCCCO[C@@H]1OC(CO)[C@H](O)[C@H](O)C1NC(C)=O)COCCC(=O)NCCCCC(=O)CCCCO[C@@H]1OC(CO)[C@H](O)[C@H](O)C1NC(C)=O. The lowest BCUT2D eigenvalue weighted by Gasteiger charge is -2.42. The summed E-state index contributed by atoms with van der Waals surface area (Å²) >= 11 is 0. The average molecular weight is 2100 g/mol. The molecule has 0 bridgehead atoms. The number of unbranched alkanes of at least 4 members (excludes halogenated alkanes) is 12. The average Bonchev–Trinajstić information content (AvgIpc) is 1.62. The van der Waals surface area contributed by atoms with Gasteiger partial charge in [0.1, 0.15) is 132 Å². The summed E-state index contributed by atoms with van der Waals surface area (Å²) in [7, 11) is -8.63. The van der Waals surface area contributed by atoms with Gasteiger partial charge in [-0.3, -0.25) is 75.4 Å². The fourth-order valence-corrected chi connectivity index (χ4v) is 18.5. The van der Waals surface area contributed by atoms with Crippen molar-refractivity contribution in [2.75, 3.05) is 125 Å². The molecule has 144 heavy (non-hydrogen) atoms. The summed E-state index contributed by atoms with van der Waals surface area (Å²) in [5.41, 5.74) is 4.99. The van der Waals surface area contributed by atoms with Crippen LogP contribution in [0, 0.1) is 0 Å². The second-order valence-corrected chi connectivity index (χ2v) is 39.8. The maximum absolute atomic E-state index is 14.3. The largest absolute Gasteiger partial charge is 0.472 e. The van der Waals surface area contributed by atoms with Crippen molar-refractivity contribution < 1.29 is 188 Å². The van der Waals surface area contributed by atoms with E-state index in [-0.39, 0.29) is 227 Å². The number of ether oxygens (including phenoxy) is 10. The van der Waals surface area contributed by atoms with Gasteiger partial charge in [0.15, 0.2) is 30.3 Å². The predicted molar refractivity (Wildman–Crippen MR) is 504 cm³/mol. The lowest BCUT2D eigenvalue weighted by atomic mass is 9.97. The number of Topliss-reactive ketones (excluding diaryl/α,β-unsaturated/α-hetero) is 4. The van der Waals surface area contributed by atoms with E-state index in [4.69, 9.17) is 66.7 Å². The Kier molecular flexibility index (Phi) is 56.4. The van der Waals surface area contributed by atoms with Crippen LogP contribution in [0.5, 0.6) is 0 Å². The molecule has 23 atom stereocenters. The number of nitrogens with one attached hydrogen (secondary N) is 6. The number of fused-ring (bicyclic) bond motifs is 1. The molecule has 0 radical (unpaired) electrons. The van der Waals surface area contributed by atoms with E-state index in [9.17, 15) is 123 Å². The maximum Gasteiger partial charge on any atom is 0.472 e. The van der Waals surface area contributed by atoms with Crippen molar-refractivity contribution in [3.8, 4) is 0 Å². The molecule has 5 saturated heterocycles. The number of carbonyl (C=O) groups excluding carboxylic acids is 11. The predicted octanol–water partition coefficient (Wildman–Crippen LogP) is -0.689. The first-order valence-corrected chi connectivity index (χ1v) is 52.7. The molecule has 7 amide bonds. The molecule has 53 heteroatoms. The molecule has 822 valence electrons. The summed E-state index contributed by atoms with van der Waals surface area (Å²) in [6.45, 7) is 0.154. The molecule has 9 unspecified atom stereocenters. The van der Waals surface area contributed by atoms with E-state index in [1.165, 1.54) is 42.9 Å². The lowest BCUT2D eigenvalue weighted by Crippen LogP contribution is -2.64. The molecule has 0 spiro atoms. The number of β-amino-alcohol motifs (C(OH)–C–C–N with tert-alkyl or cyclic N) is 1. The Hall–Kier alpha value is -7.26. The van der Waals surface area contributed by atoms with E-state index in [0.29, 0.717) is 122 Å². The highest BCUT2D eigenvalue weighted by molar-refractivity contribution is 7.47.